The van der Waals surface area contributed by atoms with E-state index in [1.54, 1.807) is 11.3 Å². The van der Waals surface area contributed by atoms with Crippen molar-refractivity contribution in [1.29, 1.82) is 0 Å². The molecule has 0 N–H and O–H groups in total. The van der Waals surface area contributed by atoms with E-state index in [0.29, 0.717) is 5.91 Å². The van der Waals surface area contributed by atoms with Gasteiger partial charge in [0.2, 0.25) is 5.91 Å². The van der Waals surface area contributed by atoms with Crippen molar-refractivity contribution in [3.63, 3.8) is 0 Å². The highest BCUT2D eigenvalue weighted by atomic mass is 32.1. The number of thiophene rings is 1. The molecule has 0 aliphatic heterocycles. The standard InChI is InChI=1S/C22H29NOS/c1-15(2)23(22(24)19-12-10-16(3)11-13-19)20-14-21(25-17(20)4)18-8-6-5-7-9-18/h5-9,14-16,19H,10-13H2,1-4H3/t16-,19-. The molecule has 2 aromatic rings. The number of hydrogen-bond acceptors (Lipinski definition) is 2. The molecule has 1 aromatic carbocycles. The second-order valence-electron chi connectivity index (χ2n) is 7.68. The minimum atomic E-state index is 0.184. The Morgan fingerprint density at radius 2 is 1.76 bits per heavy atom. The third-order valence-corrected chi connectivity index (χ3v) is 6.42. The van der Waals surface area contributed by atoms with Crippen LogP contribution >= 0.6 is 11.3 Å². The molecule has 3 heteroatoms. The van der Waals surface area contributed by atoms with Crippen molar-refractivity contribution in [2.24, 2.45) is 11.8 Å². The molecule has 1 amide bonds. The molecule has 134 valence electrons. The normalized spacial score (nSPS) is 20.7. The van der Waals surface area contributed by atoms with Gasteiger partial charge in [0, 0.05) is 21.7 Å². The van der Waals surface area contributed by atoms with Crippen LogP contribution in [-0.2, 0) is 4.79 Å². The highest BCUT2D eigenvalue weighted by Crippen LogP contribution is 2.39. The summed E-state index contributed by atoms with van der Waals surface area (Å²) in [6.07, 6.45) is 4.44. The fourth-order valence-corrected chi connectivity index (χ4v) is 4.83. The van der Waals surface area contributed by atoms with Crippen molar-refractivity contribution in [2.75, 3.05) is 4.90 Å². The molecule has 1 aliphatic rings. The van der Waals surface area contributed by atoms with Crippen molar-refractivity contribution in [2.45, 2.75) is 59.4 Å². The second-order valence-corrected chi connectivity index (χ2v) is 8.93. The molecule has 0 unspecified atom stereocenters. The van der Waals surface area contributed by atoms with Crippen LogP contribution in [0.1, 0.15) is 51.3 Å². The third kappa shape index (κ3) is 3.98. The van der Waals surface area contributed by atoms with Gasteiger partial charge in [0.25, 0.3) is 0 Å². The first kappa shape index (κ1) is 18.2. The molecule has 0 saturated heterocycles. The third-order valence-electron chi connectivity index (χ3n) is 5.33. The quantitative estimate of drug-likeness (QED) is 0.631. The van der Waals surface area contributed by atoms with Gasteiger partial charge in [-0.15, -0.1) is 11.3 Å². The molecule has 1 aliphatic carbocycles. The maximum atomic E-state index is 13.3. The smallest absolute Gasteiger partial charge is 0.230 e. The summed E-state index contributed by atoms with van der Waals surface area (Å²) in [6, 6.07) is 12.8. The molecule has 0 spiro atoms. The van der Waals surface area contributed by atoms with Crippen LogP contribution in [0.25, 0.3) is 10.4 Å². The van der Waals surface area contributed by atoms with Gasteiger partial charge in [-0.2, -0.15) is 0 Å². The van der Waals surface area contributed by atoms with Crippen LogP contribution in [0, 0.1) is 18.8 Å². The maximum absolute atomic E-state index is 13.3. The Morgan fingerprint density at radius 1 is 1.12 bits per heavy atom. The topological polar surface area (TPSA) is 20.3 Å². The van der Waals surface area contributed by atoms with Gasteiger partial charge in [-0.3, -0.25) is 4.79 Å². The number of carbonyl (C=O) groups excluding carboxylic acids is 1. The van der Waals surface area contributed by atoms with Crippen LogP contribution < -0.4 is 4.90 Å². The summed E-state index contributed by atoms with van der Waals surface area (Å²) in [5.41, 5.74) is 2.33. The average Bonchev–Trinajstić information content (AvgIpc) is 2.98. The maximum Gasteiger partial charge on any atom is 0.230 e. The molecular weight excluding hydrogens is 326 g/mol. The van der Waals surface area contributed by atoms with Gasteiger partial charge in [-0.25, -0.2) is 0 Å². The summed E-state index contributed by atoms with van der Waals surface area (Å²) in [5, 5.41) is 0. The number of carbonyl (C=O) groups is 1. The van der Waals surface area contributed by atoms with Gasteiger partial charge in [0.1, 0.15) is 0 Å². The predicted molar refractivity (Wildman–Crippen MR) is 108 cm³/mol. The highest BCUT2D eigenvalue weighted by molar-refractivity contribution is 7.16. The number of benzene rings is 1. The number of hydrogen-bond donors (Lipinski definition) is 0. The molecule has 0 radical (unpaired) electrons. The summed E-state index contributed by atoms with van der Waals surface area (Å²) in [6.45, 7) is 8.69. The Hall–Kier alpha value is -1.61. The van der Waals surface area contributed by atoms with E-state index in [2.05, 4.69) is 62.9 Å². The lowest BCUT2D eigenvalue weighted by molar-refractivity contribution is -0.123. The van der Waals surface area contributed by atoms with Crippen molar-refractivity contribution >= 4 is 22.9 Å². The number of rotatable bonds is 4. The molecule has 1 aromatic heterocycles. The lowest BCUT2D eigenvalue weighted by Gasteiger charge is -2.33. The van der Waals surface area contributed by atoms with Crippen molar-refractivity contribution < 1.29 is 4.79 Å². The predicted octanol–water partition coefficient (Wildman–Crippen LogP) is 6.29. The van der Waals surface area contributed by atoms with Gasteiger partial charge >= 0.3 is 0 Å². The Bertz CT molecular complexity index is 711. The van der Waals surface area contributed by atoms with E-state index in [1.165, 1.54) is 28.2 Å². The first-order valence-electron chi connectivity index (χ1n) is 9.46. The van der Waals surface area contributed by atoms with Crippen LogP contribution in [0.2, 0.25) is 0 Å². The largest absolute Gasteiger partial charge is 0.309 e. The van der Waals surface area contributed by atoms with Gasteiger partial charge in [-0.05, 0) is 64.0 Å². The van der Waals surface area contributed by atoms with E-state index in [1.807, 2.05) is 6.07 Å². The molecule has 1 fully saturated rings. The molecule has 0 atom stereocenters. The molecule has 25 heavy (non-hydrogen) atoms. The van der Waals surface area contributed by atoms with Crippen molar-refractivity contribution in [3.8, 4) is 10.4 Å². The molecule has 3 rings (SSSR count). The monoisotopic (exact) mass is 355 g/mol. The number of anilines is 1. The fraction of sp³-hybridized carbons (Fsp3) is 0.500. The summed E-state index contributed by atoms with van der Waals surface area (Å²) in [5.74, 6) is 1.28. The Kier molecular flexibility index (Phi) is 5.63. The minimum Gasteiger partial charge on any atom is -0.309 e. The van der Waals surface area contributed by atoms with Gasteiger partial charge < -0.3 is 4.90 Å². The lowest BCUT2D eigenvalue weighted by Crippen LogP contribution is -2.42. The zero-order valence-corrected chi connectivity index (χ0v) is 16.6. The molecule has 1 saturated carbocycles. The summed E-state index contributed by atoms with van der Waals surface area (Å²) < 4.78 is 0. The number of amides is 1. The van der Waals surface area contributed by atoms with Crippen LogP contribution in [-0.4, -0.2) is 11.9 Å². The fourth-order valence-electron chi connectivity index (χ4n) is 3.81. The Morgan fingerprint density at radius 3 is 2.36 bits per heavy atom. The molecule has 2 nitrogen and oxygen atoms in total. The lowest BCUT2D eigenvalue weighted by atomic mass is 9.82. The molecule has 0 bridgehead atoms. The second kappa shape index (κ2) is 7.74. The van der Waals surface area contributed by atoms with E-state index in [9.17, 15) is 4.79 Å². The Labute approximate surface area is 155 Å². The van der Waals surface area contributed by atoms with Crippen molar-refractivity contribution in [3.05, 3.63) is 41.3 Å². The Balaban J connectivity index is 1.88. The zero-order chi connectivity index (χ0) is 18.0. The van der Waals surface area contributed by atoms with Gasteiger partial charge in [0.15, 0.2) is 0 Å². The number of aryl methyl sites for hydroxylation is 1. The summed E-state index contributed by atoms with van der Waals surface area (Å²) in [7, 11) is 0. The molecule has 1 heterocycles. The van der Waals surface area contributed by atoms with Gasteiger partial charge in [-0.1, -0.05) is 37.3 Å². The van der Waals surface area contributed by atoms with Crippen LogP contribution in [0.4, 0.5) is 5.69 Å². The zero-order valence-electron chi connectivity index (χ0n) is 15.8. The van der Waals surface area contributed by atoms with E-state index in [-0.39, 0.29) is 12.0 Å². The van der Waals surface area contributed by atoms with E-state index in [4.69, 9.17) is 0 Å². The summed E-state index contributed by atoms with van der Waals surface area (Å²) >= 11 is 1.78. The van der Waals surface area contributed by atoms with Crippen LogP contribution in [0.3, 0.4) is 0 Å². The van der Waals surface area contributed by atoms with Crippen LogP contribution in [0.15, 0.2) is 36.4 Å². The minimum absolute atomic E-state index is 0.184. The number of nitrogens with zero attached hydrogens (tertiary/aromatic N) is 1. The van der Waals surface area contributed by atoms with Crippen molar-refractivity contribution in [1.82, 2.24) is 0 Å². The average molecular weight is 356 g/mol. The van der Waals surface area contributed by atoms with E-state index in [0.717, 1.165) is 24.4 Å². The first-order chi connectivity index (χ1) is 12.0. The summed E-state index contributed by atoms with van der Waals surface area (Å²) in [4.78, 5) is 17.8. The SMILES string of the molecule is Cc1sc(-c2ccccc2)cc1N(C(=O)[C@H]1CC[C@H](C)CC1)C(C)C. The van der Waals surface area contributed by atoms with Gasteiger partial charge in [0.05, 0.1) is 5.69 Å². The first-order valence-corrected chi connectivity index (χ1v) is 10.3. The highest BCUT2D eigenvalue weighted by Gasteiger charge is 2.31. The van der Waals surface area contributed by atoms with Crippen LogP contribution in [0.5, 0.6) is 0 Å². The van der Waals surface area contributed by atoms with E-state index >= 15 is 0 Å². The van der Waals surface area contributed by atoms with E-state index < -0.39 is 0 Å². The molecular formula is C22H29NOS.